The normalized spacial score (nSPS) is 10.2. The Bertz CT molecular complexity index is 617. The maximum Gasteiger partial charge on any atom is 0.356 e. The van der Waals surface area contributed by atoms with Crippen LogP contribution in [0.15, 0.2) is 29.3 Å². The van der Waals surface area contributed by atoms with Gasteiger partial charge in [0.2, 0.25) is 0 Å². The third-order valence-electron chi connectivity index (χ3n) is 2.19. The fraction of sp³-hybridized carbons (Fsp3) is 0.0909. The van der Waals surface area contributed by atoms with E-state index in [0.717, 1.165) is 11.9 Å². The minimum atomic E-state index is -1.19. The van der Waals surface area contributed by atoms with Gasteiger partial charge in [-0.3, -0.25) is 9.78 Å². The molecule has 0 aliphatic rings. The summed E-state index contributed by atoms with van der Waals surface area (Å²) in [6, 6.07) is 3.40. The molecule has 2 aromatic heterocycles. The molecular weight excluding hydrogens is 222 g/mol. The van der Waals surface area contributed by atoms with Crippen molar-refractivity contribution in [1.82, 2.24) is 15.0 Å². The van der Waals surface area contributed by atoms with Crippen LogP contribution in [0.5, 0.6) is 0 Å². The number of hydrogen-bond acceptors (Lipinski definition) is 4. The number of carbonyl (C=O) groups is 1. The Morgan fingerprint density at radius 2 is 2.18 bits per heavy atom. The van der Waals surface area contributed by atoms with Crippen molar-refractivity contribution in [3.05, 3.63) is 46.3 Å². The Labute approximate surface area is 96.0 Å². The van der Waals surface area contributed by atoms with E-state index in [-0.39, 0.29) is 11.4 Å². The molecule has 86 valence electrons. The third-order valence-corrected chi connectivity index (χ3v) is 2.19. The summed E-state index contributed by atoms with van der Waals surface area (Å²) < 4.78 is 0. The molecule has 0 saturated heterocycles. The van der Waals surface area contributed by atoms with E-state index < -0.39 is 11.5 Å². The lowest BCUT2D eigenvalue weighted by Gasteiger charge is -2.01. The minimum absolute atomic E-state index is 0.0531. The number of pyridine rings is 1. The highest BCUT2D eigenvalue weighted by molar-refractivity contribution is 5.85. The Morgan fingerprint density at radius 1 is 1.41 bits per heavy atom. The lowest BCUT2D eigenvalue weighted by atomic mass is 10.2. The highest BCUT2D eigenvalue weighted by atomic mass is 16.4. The van der Waals surface area contributed by atoms with Gasteiger partial charge in [-0.2, -0.15) is 0 Å². The van der Waals surface area contributed by atoms with Crippen molar-refractivity contribution in [3.63, 3.8) is 0 Å². The van der Waals surface area contributed by atoms with Gasteiger partial charge < -0.3 is 10.1 Å². The van der Waals surface area contributed by atoms with Crippen molar-refractivity contribution in [3.8, 4) is 11.3 Å². The van der Waals surface area contributed by atoms with E-state index in [0.29, 0.717) is 5.56 Å². The van der Waals surface area contributed by atoms with Crippen molar-refractivity contribution in [2.45, 2.75) is 6.92 Å². The predicted molar refractivity (Wildman–Crippen MR) is 59.8 cm³/mol. The summed E-state index contributed by atoms with van der Waals surface area (Å²) in [6.07, 6.45) is 2.55. The molecule has 2 aromatic rings. The number of aromatic amines is 1. The van der Waals surface area contributed by atoms with Crippen LogP contribution in [0.1, 0.15) is 16.2 Å². The summed E-state index contributed by atoms with van der Waals surface area (Å²) >= 11 is 0. The summed E-state index contributed by atoms with van der Waals surface area (Å²) in [5.74, 6) is -1.19. The topological polar surface area (TPSA) is 95.9 Å². The van der Waals surface area contributed by atoms with Crippen LogP contribution >= 0.6 is 0 Å². The summed E-state index contributed by atoms with van der Waals surface area (Å²) in [6.45, 7) is 1.81. The number of aryl methyl sites for hydroxylation is 1. The number of nitrogens with zero attached hydrogens (tertiary/aromatic N) is 2. The summed E-state index contributed by atoms with van der Waals surface area (Å²) in [7, 11) is 0. The predicted octanol–water partition coefficient (Wildman–Crippen LogP) is 0.839. The van der Waals surface area contributed by atoms with Crippen molar-refractivity contribution in [2.75, 3.05) is 0 Å². The van der Waals surface area contributed by atoms with E-state index in [9.17, 15) is 9.59 Å². The smallest absolute Gasteiger partial charge is 0.356 e. The van der Waals surface area contributed by atoms with Gasteiger partial charge in [-0.25, -0.2) is 9.78 Å². The van der Waals surface area contributed by atoms with E-state index in [4.69, 9.17) is 5.11 Å². The Balaban J connectivity index is 2.58. The standard InChI is InChI=1S/C11H9N3O3/c1-6-2-3-7(4-12-6)9-10(15)13-5-8(14-9)11(16)17/h2-5H,1H3,(H,13,15)(H,16,17). The lowest BCUT2D eigenvalue weighted by Crippen LogP contribution is -2.15. The van der Waals surface area contributed by atoms with Gasteiger partial charge in [-0.15, -0.1) is 0 Å². The highest BCUT2D eigenvalue weighted by Gasteiger charge is 2.10. The molecule has 0 fully saturated rings. The van der Waals surface area contributed by atoms with Gasteiger partial charge in [0.1, 0.15) is 5.69 Å². The fourth-order valence-corrected chi connectivity index (χ4v) is 1.32. The van der Waals surface area contributed by atoms with Crippen LogP contribution < -0.4 is 5.56 Å². The zero-order valence-corrected chi connectivity index (χ0v) is 8.97. The number of aromatic carboxylic acids is 1. The van der Waals surface area contributed by atoms with E-state index >= 15 is 0 Å². The summed E-state index contributed by atoms with van der Waals surface area (Å²) in [4.78, 5) is 32.4. The first-order valence-corrected chi connectivity index (χ1v) is 4.84. The molecule has 6 nitrogen and oxygen atoms in total. The number of carboxylic acid groups (broad SMARTS) is 1. The first kappa shape index (κ1) is 11.0. The van der Waals surface area contributed by atoms with Crippen molar-refractivity contribution >= 4 is 5.97 Å². The van der Waals surface area contributed by atoms with E-state index in [1.54, 1.807) is 12.1 Å². The quantitative estimate of drug-likeness (QED) is 0.798. The molecular formula is C11H9N3O3. The molecule has 2 rings (SSSR count). The molecule has 17 heavy (non-hydrogen) atoms. The van der Waals surface area contributed by atoms with Gasteiger partial charge in [0.15, 0.2) is 5.69 Å². The molecule has 0 radical (unpaired) electrons. The molecule has 0 unspecified atom stereocenters. The van der Waals surface area contributed by atoms with Gasteiger partial charge >= 0.3 is 5.97 Å². The zero-order valence-electron chi connectivity index (χ0n) is 8.97. The average molecular weight is 231 g/mol. The first-order chi connectivity index (χ1) is 8.08. The minimum Gasteiger partial charge on any atom is -0.476 e. The van der Waals surface area contributed by atoms with Crippen molar-refractivity contribution in [1.29, 1.82) is 0 Å². The second-order valence-electron chi connectivity index (χ2n) is 3.46. The first-order valence-electron chi connectivity index (χ1n) is 4.84. The van der Waals surface area contributed by atoms with Gasteiger partial charge in [0.05, 0.1) is 0 Å². The Morgan fingerprint density at radius 3 is 2.76 bits per heavy atom. The zero-order chi connectivity index (χ0) is 12.4. The van der Waals surface area contributed by atoms with Gasteiger partial charge in [0.25, 0.3) is 5.56 Å². The lowest BCUT2D eigenvalue weighted by molar-refractivity contribution is 0.0690. The third kappa shape index (κ3) is 2.20. The summed E-state index contributed by atoms with van der Waals surface area (Å²) in [5, 5.41) is 8.79. The van der Waals surface area contributed by atoms with Gasteiger partial charge in [0, 0.05) is 23.7 Å². The van der Waals surface area contributed by atoms with Crippen LogP contribution in [0.2, 0.25) is 0 Å². The maximum atomic E-state index is 11.5. The van der Waals surface area contributed by atoms with Crippen LogP contribution in [-0.4, -0.2) is 26.0 Å². The number of rotatable bonds is 2. The van der Waals surface area contributed by atoms with Crippen molar-refractivity contribution < 1.29 is 9.90 Å². The Kier molecular flexibility index (Phi) is 2.70. The molecule has 2 heterocycles. The molecule has 0 saturated carbocycles. The molecule has 0 atom stereocenters. The summed E-state index contributed by atoms with van der Waals surface area (Å²) in [5.41, 5.74) is 0.692. The fourth-order valence-electron chi connectivity index (χ4n) is 1.32. The van der Waals surface area contributed by atoms with E-state index in [2.05, 4.69) is 15.0 Å². The second kappa shape index (κ2) is 4.17. The average Bonchev–Trinajstić information content (AvgIpc) is 2.31. The SMILES string of the molecule is Cc1ccc(-c2nc(C(=O)O)c[nH]c2=O)cn1. The largest absolute Gasteiger partial charge is 0.476 e. The van der Waals surface area contributed by atoms with Crippen LogP contribution in [0.25, 0.3) is 11.3 Å². The van der Waals surface area contributed by atoms with E-state index in [1.807, 2.05) is 6.92 Å². The number of H-pyrrole nitrogens is 1. The highest BCUT2D eigenvalue weighted by Crippen LogP contribution is 2.11. The molecule has 0 spiro atoms. The second-order valence-corrected chi connectivity index (χ2v) is 3.46. The molecule has 0 aliphatic carbocycles. The molecule has 0 amide bonds. The molecule has 0 aliphatic heterocycles. The number of aromatic nitrogens is 3. The number of nitrogens with one attached hydrogen (secondary N) is 1. The van der Waals surface area contributed by atoms with E-state index in [1.165, 1.54) is 6.20 Å². The van der Waals surface area contributed by atoms with Crippen molar-refractivity contribution in [2.24, 2.45) is 0 Å². The monoisotopic (exact) mass is 231 g/mol. The number of hydrogen-bond donors (Lipinski definition) is 2. The van der Waals surface area contributed by atoms with Crippen LogP contribution in [0.4, 0.5) is 0 Å². The van der Waals surface area contributed by atoms with Crippen LogP contribution in [0, 0.1) is 6.92 Å². The molecule has 0 bridgehead atoms. The van der Waals surface area contributed by atoms with Gasteiger partial charge in [-0.1, -0.05) is 0 Å². The molecule has 6 heteroatoms. The van der Waals surface area contributed by atoms with Crippen LogP contribution in [0.3, 0.4) is 0 Å². The van der Waals surface area contributed by atoms with Gasteiger partial charge in [-0.05, 0) is 19.1 Å². The molecule has 0 aromatic carbocycles. The Hall–Kier alpha value is -2.50. The number of carboxylic acids is 1. The molecule has 2 N–H and O–H groups in total. The maximum absolute atomic E-state index is 11.5. The van der Waals surface area contributed by atoms with Crippen LogP contribution in [-0.2, 0) is 0 Å².